The fourth-order valence-corrected chi connectivity index (χ4v) is 0.858. The molecule has 0 radical (unpaired) electrons. The zero-order valence-electron chi connectivity index (χ0n) is 7.58. The van der Waals surface area contributed by atoms with Crippen LogP contribution in [0.5, 0.6) is 5.88 Å². The van der Waals surface area contributed by atoms with Gasteiger partial charge in [0.15, 0.2) is 0 Å². The molecule has 4 nitrogen and oxygen atoms in total. The number of hydrogen-bond acceptors (Lipinski definition) is 3. The van der Waals surface area contributed by atoms with Gasteiger partial charge in [-0.15, -0.1) is 5.10 Å². The highest BCUT2D eigenvalue weighted by Gasteiger charge is 2.00. The van der Waals surface area contributed by atoms with Crippen molar-refractivity contribution in [1.82, 2.24) is 9.78 Å². The van der Waals surface area contributed by atoms with E-state index in [1.807, 2.05) is 20.0 Å². The Bertz CT molecular complexity index is 225. The summed E-state index contributed by atoms with van der Waals surface area (Å²) in [4.78, 5) is 0. The van der Waals surface area contributed by atoms with E-state index in [1.165, 1.54) is 0 Å². The molecule has 0 atom stereocenters. The van der Waals surface area contributed by atoms with Crippen LogP contribution in [0, 0.1) is 6.92 Å². The first kappa shape index (κ1) is 9.06. The van der Waals surface area contributed by atoms with Crippen LogP contribution >= 0.6 is 0 Å². The van der Waals surface area contributed by atoms with Gasteiger partial charge in [0, 0.05) is 18.8 Å². The van der Waals surface area contributed by atoms with E-state index in [2.05, 4.69) is 5.10 Å². The summed E-state index contributed by atoms with van der Waals surface area (Å²) in [5, 5.41) is 4.14. The van der Waals surface area contributed by atoms with Crippen molar-refractivity contribution in [1.29, 1.82) is 0 Å². The largest absolute Gasteiger partial charge is 0.477 e. The van der Waals surface area contributed by atoms with Crippen molar-refractivity contribution < 1.29 is 4.74 Å². The minimum absolute atomic E-state index is 0.646. The maximum Gasteiger partial charge on any atom is 0.232 e. The van der Waals surface area contributed by atoms with Gasteiger partial charge in [-0.1, -0.05) is 0 Å². The molecule has 0 aliphatic carbocycles. The summed E-state index contributed by atoms with van der Waals surface area (Å²) in [6.45, 7) is 3.29. The van der Waals surface area contributed by atoms with Gasteiger partial charge >= 0.3 is 0 Å². The standard InChI is InChI=1S/C8H15N3O/c1-7-6-8(10-11(7)2)12-5-3-4-9/h6H,3-5,9H2,1-2H3. The van der Waals surface area contributed by atoms with Gasteiger partial charge in [-0.05, 0) is 19.9 Å². The van der Waals surface area contributed by atoms with E-state index in [0.29, 0.717) is 19.0 Å². The number of nitrogens with two attached hydrogens (primary N) is 1. The van der Waals surface area contributed by atoms with Crippen LogP contribution in [0.3, 0.4) is 0 Å². The third-order valence-corrected chi connectivity index (χ3v) is 1.69. The second-order valence-electron chi connectivity index (χ2n) is 2.74. The molecule has 2 N–H and O–H groups in total. The van der Waals surface area contributed by atoms with Crippen molar-refractivity contribution in [3.63, 3.8) is 0 Å². The lowest BCUT2D eigenvalue weighted by Crippen LogP contribution is -2.06. The molecule has 0 saturated heterocycles. The van der Waals surface area contributed by atoms with E-state index in [0.717, 1.165) is 12.1 Å². The highest BCUT2D eigenvalue weighted by Crippen LogP contribution is 2.09. The molecule has 0 aliphatic heterocycles. The molecule has 1 aromatic rings. The molecule has 0 spiro atoms. The van der Waals surface area contributed by atoms with E-state index in [1.54, 1.807) is 4.68 Å². The Morgan fingerprint density at radius 2 is 2.42 bits per heavy atom. The average molecular weight is 169 g/mol. The summed E-state index contributed by atoms with van der Waals surface area (Å²) in [6, 6.07) is 1.91. The molecule has 1 rings (SSSR count). The monoisotopic (exact) mass is 169 g/mol. The lowest BCUT2D eigenvalue weighted by atomic mass is 10.4. The minimum atomic E-state index is 0.646. The molecule has 0 aliphatic rings. The van der Waals surface area contributed by atoms with E-state index in [-0.39, 0.29) is 0 Å². The quantitative estimate of drug-likeness (QED) is 0.666. The summed E-state index contributed by atoms with van der Waals surface area (Å²) in [5.41, 5.74) is 6.42. The molecule has 0 bridgehead atoms. The average Bonchev–Trinajstić information content (AvgIpc) is 2.32. The lowest BCUT2D eigenvalue weighted by molar-refractivity contribution is 0.298. The summed E-state index contributed by atoms with van der Waals surface area (Å²) >= 11 is 0. The first-order valence-electron chi connectivity index (χ1n) is 4.07. The summed E-state index contributed by atoms with van der Waals surface area (Å²) in [7, 11) is 1.89. The second kappa shape index (κ2) is 4.11. The normalized spacial score (nSPS) is 10.2. The van der Waals surface area contributed by atoms with Crippen molar-refractivity contribution in [2.45, 2.75) is 13.3 Å². The molecule has 68 valence electrons. The molecular formula is C8H15N3O. The first-order valence-corrected chi connectivity index (χ1v) is 4.07. The first-order chi connectivity index (χ1) is 5.74. The van der Waals surface area contributed by atoms with E-state index in [9.17, 15) is 0 Å². The molecule has 4 heteroatoms. The number of hydrogen-bond donors (Lipinski definition) is 1. The van der Waals surface area contributed by atoms with Gasteiger partial charge in [0.2, 0.25) is 5.88 Å². The molecule has 0 aromatic carbocycles. The topological polar surface area (TPSA) is 53.1 Å². The van der Waals surface area contributed by atoms with E-state index in [4.69, 9.17) is 10.5 Å². The van der Waals surface area contributed by atoms with Crippen LogP contribution in [0.15, 0.2) is 6.07 Å². The van der Waals surface area contributed by atoms with Gasteiger partial charge in [-0.3, -0.25) is 4.68 Å². The number of aromatic nitrogens is 2. The fraction of sp³-hybridized carbons (Fsp3) is 0.625. The van der Waals surface area contributed by atoms with Crippen LogP contribution in [0.2, 0.25) is 0 Å². The molecule has 0 saturated carbocycles. The summed E-state index contributed by atoms with van der Waals surface area (Å²) in [5.74, 6) is 0.684. The number of rotatable bonds is 4. The second-order valence-corrected chi connectivity index (χ2v) is 2.74. The third-order valence-electron chi connectivity index (χ3n) is 1.69. The molecule has 0 fully saturated rings. The van der Waals surface area contributed by atoms with Crippen LogP contribution in [-0.4, -0.2) is 22.9 Å². The van der Waals surface area contributed by atoms with Crippen molar-refractivity contribution in [2.24, 2.45) is 12.8 Å². The number of aryl methyl sites for hydroxylation is 2. The van der Waals surface area contributed by atoms with E-state index < -0.39 is 0 Å². The van der Waals surface area contributed by atoms with Gasteiger partial charge in [0.25, 0.3) is 0 Å². The van der Waals surface area contributed by atoms with Crippen LogP contribution in [-0.2, 0) is 7.05 Å². The van der Waals surface area contributed by atoms with Crippen LogP contribution in [0.1, 0.15) is 12.1 Å². The zero-order chi connectivity index (χ0) is 8.97. The molecule has 0 unspecified atom stereocenters. The molecule has 1 aromatic heterocycles. The Morgan fingerprint density at radius 3 is 2.92 bits per heavy atom. The Balaban J connectivity index is 2.42. The fourth-order valence-electron chi connectivity index (χ4n) is 0.858. The Kier molecular flexibility index (Phi) is 3.10. The lowest BCUT2D eigenvalue weighted by Gasteiger charge is -1.98. The Labute approximate surface area is 72.3 Å². The third kappa shape index (κ3) is 2.23. The molecular weight excluding hydrogens is 154 g/mol. The molecule has 0 amide bonds. The van der Waals surface area contributed by atoms with Crippen molar-refractivity contribution in [3.05, 3.63) is 11.8 Å². The maximum absolute atomic E-state index is 5.34. The van der Waals surface area contributed by atoms with Crippen molar-refractivity contribution >= 4 is 0 Å². The maximum atomic E-state index is 5.34. The highest BCUT2D eigenvalue weighted by atomic mass is 16.5. The van der Waals surface area contributed by atoms with Crippen LogP contribution in [0.25, 0.3) is 0 Å². The van der Waals surface area contributed by atoms with Gasteiger partial charge in [0.1, 0.15) is 0 Å². The predicted molar refractivity (Wildman–Crippen MR) is 47.1 cm³/mol. The SMILES string of the molecule is Cc1cc(OCCCN)nn1C. The van der Waals surface area contributed by atoms with Crippen molar-refractivity contribution in [2.75, 3.05) is 13.2 Å². The summed E-state index contributed by atoms with van der Waals surface area (Å²) in [6.07, 6.45) is 0.871. The van der Waals surface area contributed by atoms with Gasteiger partial charge in [0.05, 0.1) is 6.61 Å². The predicted octanol–water partition coefficient (Wildman–Crippen LogP) is 0.456. The van der Waals surface area contributed by atoms with Crippen LogP contribution in [0.4, 0.5) is 0 Å². The van der Waals surface area contributed by atoms with Crippen molar-refractivity contribution in [3.8, 4) is 5.88 Å². The Morgan fingerprint density at radius 1 is 1.67 bits per heavy atom. The smallest absolute Gasteiger partial charge is 0.232 e. The number of ether oxygens (including phenoxy) is 1. The highest BCUT2D eigenvalue weighted by molar-refractivity contribution is 5.13. The summed E-state index contributed by atoms with van der Waals surface area (Å²) < 4.78 is 7.13. The number of nitrogens with zero attached hydrogens (tertiary/aromatic N) is 2. The van der Waals surface area contributed by atoms with Gasteiger partial charge in [-0.25, -0.2) is 0 Å². The zero-order valence-corrected chi connectivity index (χ0v) is 7.58. The van der Waals surface area contributed by atoms with Crippen LogP contribution < -0.4 is 10.5 Å². The minimum Gasteiger partial charge on any atom is -0.477 e. The van der Waals surface area contributed by atoms with Gasteiger partial charge < -0.3 is 10.5 Å². The Hall–Kier alpha value is -1.03. The molecule has 12 heavy (non-hydrogen) atoms. The molecule has 1 heterocycles. The van der Waals surface area contributed by atoms with Gasteiger partial charge in [-0.2, -0.15) is 0 Å². The van der Waals surface area contributed by atoms with E-state index >= 15 is 0 Å².